The molecule has 0 atom stereocenters. The standard InChI is InChI=1S/C13H19BrClN3O.HI/c1-16-13(17-6-3-7-19-2)18-9-10-4-5-11(14)8-12(10)15;/h4-5,8H,3,6-7,9H2,1-2H3,(H2,16,17,18);1H. The summed E-state index contributed by atoms with van der Waals surface area (Å²) in [5.74, 6) is 0.759. The van der Waals surface area contributed by atoms with E-state index in [1.165, 1.54) is 0 Å². The van der Waals surface area contributed by atoms with E-state index in [9.17, 15) is 0 Å². The first-order valence-electron chi connectivity index (χ1n) is 6.04. The maximum atomic E-state index is 6.15. The van der Waals surface area contributed by atoms with Crippen LogP contribution in [0.5, 0.6) is 0 Å². The number of nitrogens with one attached hydrogen (secondary N) is 2. The normalized spacial score (nSPS) is 10.9. The third-order valence-corrected chi connectivity index (χ3v) is 3.35. The molecular weight excluding hydrogens is 456 g/mol. The number of methoxy groups -OCH3 is 1. The molecule has 0 radical (unpaired) electrons. The molecule has 4 nitrogen and oxygen atoms in total. The van der Waals surface area contributed by atoms with Crippen molar-refractivity contribution in [2.75, 3.05) is 27.3 Å². The van der Waals surface area contributed by atoms with E-state index in [4.69, 9.17) is 16.3 Å². The molecule has 0 amide bonds. The van der Waals surface area contributed by atoms with Gasteiger partial charge in [0.1, 0.15) is 0 Å². The second kappa shape index (κ2) is 11.6. The molecule has 1 aromatic carbocycles. The van der Waals surface area contributed by atoms with Crippen molar-refractivity contribution in [1.29, 1.82) is 0 Å². The van der Waals surface area contributed by atoms with Crippen LogP contribution in [0.2, 0.25) is 5.02 Å². The van der Waals surface area contributed by atoms with Crippen LogP contribution in [0.4, 0.5) is 0 Å². The lowest BCUT2D eigenvalue weighted by atomic mass is 10.2. The molecular formula is C13H20BrClIN3O. The lowest BCUT2D eigenvalue weighted by Gasteiger charge is -2.12. The van der Waals surface area contributed by atoms with Gasteiger partial charge in [-0.1, -0.05) is 33.6 Å². The van der Waals surface area contributed by atoms with Gasteiger partial charge >= 0.3 is 0 Å². The van der Waals surface area contributed by atoms with E-state index in [0.29, 0.717) is 6.54 Å². The summed E-state index contributed by atoms with van der Waals surface area (Å²) in [7, 11) is 3.44. The van der Waals surface area contributed by atoms with Crippen LogP contribution < -0.4 is 10.6 Å². The van der Waals surface area contributed by atoms with Gasteiger partial charge in [0.2, 0.25) is 0 Å². The number of nitrogens with zero attached hydrogens (tertiary/aromatic N) is 1. The Labute approximate surface area is 150 Å². The summed E-state index contributed by atoms with van der Waals surface area (Å²) in [6, 6.07) is 5.84. The highest BCUT2D eigenvalue weighted by Crippen LogP contribution is 2.20. The lowest BCUT2D eigenvalue weighted by molar-refractivity contribution is 0.195. The monoisotopic (exact) mass is 475 g/mol. The largest absolute Gasteiger partial charge is 0.385 e. The summed E-state index contributed by atoms with van der Waals surface area (Å²) >= 11 is 9.54. The molecule has 0 spiro atoms. The molecule has 1 rings (SSSR count). The predicted octanol–water partition coefficient (Wildman–Crippen LogP) is 3.42. The maximum Gasteiger partial charge on any atom is 0.191 e. The fourth-order valence-electron chi connectivity index (χ4n) is 1.49. The molecule has 0 bridgehead atoms. The highest BCUT2D eigenvalue weighted by Gasteiger charge is 2.02. The van der Waals surface area contributed by atoms with Crippen LogP contribution in [0.1, 0.15) is 12.0 Å². The molecule has 0 saturated carbocycles. The highest BCUT2D eigenvalue weighted by atomic mass is 127. The third-order valence-electron chi connectivity index (χ3n) is 2.50. The summed E-state index contributed by atoms with van der Waals surface area (Å²) < 4.78 is 5.97. The fourth-order valence-corrected chi connectivity index (χ4v) is 2.23. The van der Waals surface area contributed by atoms with Crippen molar-refractivity contribution in [3.05, 3.63) is 33.3 Å². The van der Waals surface area contributed by atoms with Crippen LogP contribution >= 0.6 is 51.5 Å². The van der Waals surface area contributed by atoms with E-state index >= 15 is 0 Å². The van der Waals surface area contributed by atoms with Gasteiger partial charge in [-0.05, 0) is 24.1 Å². The van der Waals surface area contributed by atoms with Crippen molar-refractivity contribution in [3.63, 3.8) is 0 Å². The Bertz CT molecular complexity index is 432. The van der Waals surface area contributed by atoms with Crippen molar-refractivity contribution < 1.29 is 4.74 Å². The van der Waals surface area contributed by atoms with Crippen molar-refractivity contribution in [2.24, 2.45) is 4.99 Å². The average Bonchev–Trinajstić information content (AvgIpc) is 2.40. The molecule has 1 aromatic rings. The van der Waals surface area contributed by atoms with Gasteiger partial charge in [-0.15, -0.1) is 24.0 Å². The fraction of sp³-hybridized carbons (Fsp3) is 0.462. The Morgan fingerprint density at radius 2 is 2.15 bits per heavy atom. The minimum absolute atomic E-state index is 0. The molecule has 2 N–H and O–H groups in total. The van der Waals surface area contributed by atoms with E-state index in [1.807, 2.05) is 18.2 Å². The Morgan fingerprint density at radius 1 is 1.40 bits per heavy atom. The van der Waals surface area contributed by atoms with Gasteiger partial charge in [0, 0.05) is 43.3 Å². The molecule has 114 valence electrons. The van der Waals surface area contributed by atoms with Crippen LogP contribution in [0.15, 0.2) is 27.7 Å². The molecule has 7 heteroatoms. The Hall–Kier alpha value is -0.0500. The lowest BCUT2D eigenvalue weighted by Crippen LogP contribution is -2.37. The molecule has 0 aliphatic carbocycles. The number of guanidine groups is 1. The highest BCUT2D eigenvalue weighted by molar-refractivity contribution is 14.0. The Kier molecular flexibility index (Phi) is 11.6. The zero-order valence-electron chi connectivity index (χ0n) is 11.6. The first kappa shape index (κ1) is 19.9. The molecule has 0 heterocycles. The van der Waals surface area contributed by atoms with E-state index in [-0.39, 0.29) is 24.0 Å². The van der Waals surface area contributed by atoms with Gasteiger partial charge in [-0.25, -0.2) is 0 Å². The number of hydrogen-bond acceptors (Lipinski definition) is 2. The van der Waals surface area contributed by atoms with Crippen molar-refractivity contribution in [2.45, 2.75) is 13.0 Å². The number of ether oxygens (including phenoxy) is 1. The molecule has 0 unspecified atom stereocenters. The average molecular weight is 477 g/mol. The number of aliphatic imine (C=N–C) groups is 1. The smallest absolute Gasteiger partial charge is 0.191 e. The van der Waals surface area contributed by atoms with Gasteiger partial charge in [-0.2, -0.15) is 0 Å². The van der Waals surface area contributed by atoms with Crippen molar-refractivity contribution >= 4 is 57.5 Å². The molecule has 0 fully saturated rings. The quantitative estimate of drug-likeness (QED) is 0.286. The third kappa shape index (κ3) is 7.66. The van der Waals surface area contributed by atoms with Gasteiger partial charge in [0.15, 0.2) is 5.96 Å². The van der Waals surface area contributed by atoms with E-state index < -0.39 is 0 Å². The van der Waals surface area contributed by atoms with Crippen LogP contribution in [-0.2, 0) is 11.3 Å². The summed E-state index contributed by atoms with van der Waals surface area (Å²) in [6.07, 6.45) is 0.941. The van der Waals surface area contributed by atoms with E-state index in [1.54, 1.807) is 14.2 Å². The Balaban J connectivity index is 0.00000361. The van der Waals surface area contributed by atoms with Gasteiger partial charge in [0.25, 0.3) is 0 Å². The van der Waals surface area contributed by atoms with Crippen LogP contribution in [0.3, 0.4) is 0 Å². The number of hydrogen-bond donors (Lipinski definition) is 2. The van der Waals surface area contributed by atoms with Gasteiger partial charge in [0.05, 0.1) is 0 Å². The first-order valence-corrected chi connectivity index (χ1v) is 7.22. The summed E-state index contributed by atoms with van der Waals surface area (Å²) in [5, 5.41) is 7.17. The Morgan fingerprint density at radius 3 is 2.75 bits per heavy atom. The van der Waals surface area contributed by atoms with Gasteiger partial charge in [-0.3, -0.25) is 4.99 Å². The topological polar surface area (TPSA) is 45.7 Å². The second-order valence-electron chi connectivity index (χ2n) is 3.93. The number of rotatable bonds is 6. The summed E-state index contributed by atoms with van der Waals surface area (Å²) in [4.78, 5) is 4.15. The molecule has 0 aliphatic heterocycles. The molecule has 20 heavy (non-hydrogen) atoms. The predicted molar refractivity (Wildman–Crippen MR) is 99.3 cm³/mol. The van der Waals surface area contributed by atoms with Crippen LogP contribution in [0.25, 0.3) is 0 Å². The molecule has 0 saturated heterocycles. The summed E-state index contributed by atoms with van der Waals surface area (Å²) in [6.45, 7) is 2.19. The minimum atomic E-state index is 0. The van der Waals surface area contributed by atoms with Gasteiger partial charge < -0.3 is 15.4 Å². The first-order chi connectivity index (χ1) is 9.17. The maximum absolute atomic E-state index is 6.15. The number of benzene rings is 1. The van der Waals surface area contributed by atoms with E-state index in [0.717, 1.165) is 40.6 Å². The summed E-state index contributed by atoms with van der Waals surface area (Å²) in [5.41, 5.74) is 1.03. The van der Waals surface area contributed by atoms with Crippen LogP contribution in [0, 0.1) is 0 Å². The second-order valence-corrected chi connectivity index (χ2v) is 5.26. The minimum Gasteiger partial charge on any atom is -0.385 e. The van der Waals surface area contributed by atoms with E-state index in [2.05, 4.69) is 31.6 Å². The zero-order chi connectivity index (χ0) is 14.1. The van der Waals surface area contributed by atoms with Crippen LogP contribution in [-0.4, -0.2) is 33.3 Å². The zero-order valence-corrected chi connectivity index (χ0v) is 16.3. The molecule has 0 aliphatic rings. The number of halogens is 3. The SMILES string of the molecule is CN=C(NCCCOC)NCc1ccc(Br)cc1Cl.I. The van der Waals surface area contributed by atoms with Crippen molar-refractivity contribution in [3.8, 4) is 0 Å². The molecule has 0 aromatic heterocycles. The van der Waals surface area contributed by atoms with Crippen molar-refractivity contribution in [1.82, 2.24) is 10.6 Å².